The van der Waals surface area contributed by atoms with Crippen LogP contribution in [0.25, 0.3) is 0 Å². The number of thioether (sulfide) groups is 1. The average Bonchev–Trinajstić information content (AvgIpc) is 3.15. The standard InChI is InChI=1S/C18H24N4O4S2/c23-17(19-4-5-22-6-8-26-9-7-22)13-2-1-3-14(10-13)20-18-21-15-11-28(24,25)12-16(15)27-18/h1-3,10,15-16H,4-9,11-12H2,(H,19,23)(H,20,21)/t15-,16-/m1/s1. The Morgan fingerprint density at radius 3 is 2.89 bits per heavy atom. The van der Waals surface area contributed by atoms with Crippen LogP contribution in [0.1, 0.15) is 10.4 Å². The fourth-order valence-corrected chi connectivity index (χ4v) is 7.21. The number of benzene rings is 1. The molecule has 0 radical (unpaired) electrons. The van der Waals surface area contributed by atoms with Crippen molar-refractivity contribution in [1.82, 2.24) is 10.2 Å². The Morgan fingerprint density at radius 2 is 2.11 bits per heavy atom. The number of nitrogens with one attached hydrogen (secondary N) is 2. The number of nitrogens with zero attached hydrogens (tertiary/aromatic N) is 2. The minimum absolute atomic E-state index is 0.000770. The minimum atomic E-state index is -2.96. The molecular formula is C18H24N4O4S2. The van der Waals surface area contributed by atoms with Gasteiger partial charge in [0, 0.05) is 42.7 Å². The molecule has 0 aliphatic carbocycles. The maximum atomic E-state index is 12.4. The van der Waals surface area contributed by atoms with Gasteiger partial charge in [-0.15, -0.1) is 0 Å². The number of morpholine rings is 1. The molecule has 3 aliphatic rings. The molecule has 0 saturated carbocycles. The highest BCUT2D eigenvalue weighted by Crippen LogP contribution is 2.34. The first-order chi connectivity index (χ1) is 13.5. The number of ether oxygens (including phenoxy) is 1. The topological polar surface area (TPSA) is 100 Å². The summed E-state index contributed by atoms with van der Waals surface area (Å²) in [6, 6.07) is 7.10. The minimum Gasteiger partial charge on any atom is -0.379 e. The summed E-state index contributed by atoms with van der Waals surface area (Å²) in [5.74, 6) is 0.199. The van der Waals surface area contributed by atoms with Gasteiger partial charge in [0.15, 0.2) is 15.0 Å². The number of sulfone groups is 1. The maximum Gasteiger partial charge on any atom is 0.251 e. The van der Waals surface area contributed by atoms with Crippen molar-refractivity contribution in [2.24, 2.45) is 4.99 Å². The molecule has 3 aliphatic heterocycles. The third-order valence-corrected chi connectivity index (χ3v) is 8.15. The largest absolute Gasteiger partial charge is 0.379 e. The number of carbonyl (C=O) groups excluding carboxylic acids is 1. The van der Waals surface area contributed by atoms with E-state index < -0.39 is 9.84 Å². The van der Waals surface area contributed by atoms with Crippen LogP contribution in [0, 0.1) is 0 Å². The molecule has 1 aromatic rings. The first-order valence-electron chi connectivity index (χ1n) is 9.39. The lowest BCUT2D eigenvalue weighted by Crippen LogP contribution is -2.41. The molecule has 0 bridgehead atoms. The van der Waals surface area contributed by atoms with Crippen LogP contribution in [0.3, 0.4) is 0 Å². The Labute approximate surface area is 169 Å². The first kappa shape index (κ1) is 19.7. The third-order valence-electron chi connectivity index (χ3n) is 5.01. The number of amides is 1. The number of carbonyl (C=O) groups is 1. The third kappa shape index (κ3) is 4.86. The second kappa shape index (κ2) is 8.40. The molecule has 8 nitrogen and oxygen atoms in total. The van der Waals surface area contributed by atoms with E-state index in [1.165, 1.54) is 11.8 Å². The quantitative estimate of drug-likeness (QED) is 0.707. The summed E-state index contributed by atoms with van der Waals surface area (Å²) in [6.45, 7) is 4.70. The van der Waals surface area contributed by atoms with Gasteiger partial charge in [-0.2, -0.15) is 0 Å². The normalized spacial score (nSPS) is 26.5. The van der Waals surface area contributed by atoms with Crippen LogP contribution in [-0.4, -0.2) is 86.6 Å². The van der Waals surface area contributed by atoms with Gasteiger partial charge in [-0.05, 0) is 18.2 Å². The Bertz CT molecular complexity index is 868. The second-order valence-electron chi connectivity index (χ2n) is 7.15. The van der Waals surface area contributed by atoms with Gasteiger partial charge < -0.3 is 15.4 Å². The molecule has 2 atom stereocenters. The predicted octanol–water partition coefficient (Wildman–Crippen LogP) is 0.429. The Hall–Kier alpha value is -1.62. The van der Waals surface area contributed by atoms with Gasteiger partial charge in [0.1, 0.15) is 0 Å². The van der Waals surface area contributed by atoms with Gasteiger partial charge in [-0.3, -0.25) is 14.7 Å². The highest BCUT2D eigenvalue weighted by molar-refractivity contribution is 8.15. The number of fused-ring (bicyclic) bond motifs is 1. The molecule has 10 heteroatoms. The van der Waals surface area contributed by atoms with Crippen molar-refractivity contribution in [3.05, 3.63) is 29.8 Å². The smallest absolute Gasteiger partial charge is 0.251 e. The summed E-state index contributed by atoms with van der Waals surface area (Å²) in [6.07, 6.45) is 0. The monoisotopic (exact) mass is 424 g/mol. The summed E-state index contributed by atoms with van der Waals surface area (Å²) in [7, 11) is -2.96. The Balaban J connectivity index is 1.30. The van der Waals surface area contributed by atoms with E-state index in [9.17, 15) is 13.2 Å². The van der Waals surface area contributed by atoms with E-state index in [0.717, 1.165) is 43.7 Å². The number of rotatable bonds is 5. The highest BCUT2D eigenvalue weighted by Gasteiger charge is 2.42. The van der Waals surface area contributed by atoms with Crippen LogP contribution in [-0.2, 0) is 14.6 Å². The fraction of sp³-hybridized carbons (Fsp3) is 0.556. The van der Waals surface area contributed by atoms with Gasteiger partial charge in [0.05, 0.1) is 30.8 Å². The lowest BCUT2D eigenvalue weighted by atomic mass is 10.2. The zero-order chi connectivity index (χ0) is 19.6. The van der Waals surface area contributed by atoms with E-state index in [-0.39, 0.29) is 28.7 Å². The van der Waals surface area contributed by atoms with Gasteiger partial charge in [0.25, 0.3) is 5.91 Å². The van der Waals surface area contributed by atoms with E-state index in [2.05, 4.69) is 20.5 Å². The van der Waals surface area contributed by atoms with Crippen LogP contribution >= 0.6 is 11.8 Å². The molecule has 0 unspecified atom stereocenters. The maximum absolute atomic E-state index is 12.4. The van der Waals surface area contributed by atoms with Crippen LogP contribution in [0.4, 0.5) is 5.69 Å². The summed E-state index contributed by atoms with van der Waals surface area (Å²) >= 11 is 1.47. The Kier molecular flexibility index (Phi) is 5.91. The molecule has 2 N–H and O–H groups in total. The molecule has 2 saturated heterocycles. The molecule has 0 aromatic heterocycles. The molecule has 1 aromatic carbocycles. The number of anilines is 1. The van der Waals surface area contributed by atoms with Gasteiger partial charge in [-0.25, -0.2) is 8.42 Å². The van der Waals surface area contributed by atoms with E-state index in [0.29, 0.717) is 12.1 Å². The van der Waals surface area contributed by atoms with Crippen molar-refractivity contribution in [2.75, 3.05) is 56.2 Å². The highest BCUT2D eigenvalue weighted by atomic mass is 32.2. The Morgan fingerprint density at radius 1 is 1.29 bits per heavy atom. The zero-order valence-corrected chi connectivity index (χ0v) is 17.1. The lowest BCUT2D eigenvalue weighted by molar-refractivity contribution is 0.0383. The van der Waals surface area contributed by atoms with Crippen LogP contribution in [0.2, 0.25) is 0 Å². The number of hydrogen-bond donors (Lipinski definition) is 2. The molecule has 3 heterocycles. The SMILES string of the molecule is O=C(NCCN1CCOCC1)c1cccc(NC2=N[C@@H]3CS(=O)(=O)C[C@H]3S2)c1. The van der Waals surface area contributed by atoms with Crippen LogP contribution in [0.5, 0.6) is 0 Å². The van der Waals surface area contributed by atoms with Crippen molar-refractivity contribution in [3.8, 4) is 0 Å². The van der Waals surface area contributed by atoms with E-state index in [1.54, 1.807) is 12.1 Å². The van der Waals surface area contributed by atoms with Crippen molar-refractivity contribution < 1.29 is 17.9 Å². The fourth-order valence-electron chi connectivity index (χ4n) is 3.53. The van der Waals surface area contributed by atoms with E-state index >= 15 is 0 Å². The summed E-state index contributed by atoms with van der Waals surface area (Å²) in [5, 5.41) is 6.89. The predicted molar refractivity (Wildman–Crippen MR) is 111 cm³/mol. The van der Waals surface area contributed by atoms with Crippen molar-refractivity contribution >= 4 is 38.4 Å². The lowest BCUT2D eigenvalue weighted by Gasteiger charge is -2.26. The zero-order valence-electron chi connectivity index (χ0n) is 15.5. The summed E-state index contributed by atoms with van der Waals surface area (Å²) in [4.78, 5) is 19.2. The molecule has 28 heavy (non-hydrogen) atoms. The van der Waals surface area contributed by atoms with E-state index in [1.807, 2.05) is 12.1 Å². The average molecular weight is 425 g/mol. The number of aliphatic imine (C=N–C) groups is 1. The van der Waals surface area contributed by atoms with Gasteiger partial charge >= 0.3 is 0 Å². The number of amidine groups is 1. The van der Waals surface area contributed by atoms with Crippen molar-refractivity contribution in [2.45, 2.75) is 11.3 Å². The molecule has 1 amide bonds. The number of hydrogen-bond acceptors (Lipinski definition) is 8. The molecule has 0 spiro atoms. The molecular weight excluding hydrogens is 400 g/mol. The van der Waals surface area contributed by atoms with Crippen molar-refractivity contribution in [3.63, 3.8) is 0 Å². The molecule has 2 fully saturated rings. The molecule has 152 valence electrons. The van der Waals surface area contributed by atoms with Gasteiger partial charge in [-0.1, -0.05) is 17.8 Å². The van der Waals surface area contributed by atoms with E-state index in [4.69, 9.17) is 4.74 Å². The second-order valence-corrected chi connectivity index (χ2v) is 10.5. The summed E-state index contributed by atoms with van der Waals surface area (Å²) in [5.41, 5.74) is 1.35. The summed E-state index contributed by atoms with van der Waals surface area (Å²) < 4.78 is 28.6. The van der Waals surface area contributed by atoms with Crippen LogP contribution in [0.15, 0.2) is 29.3 Å². The molecule has 4 rings (SSSR count). The van der Waals surface area contributed by atoms with Gasteiger partial charge in [0.2, 0.25) is 0 Å². The first-order valence-corrected chi connectivity index (χ1v) is 12.1. The van der Waals surface area contributed by atoms with Crippen LogP contribution < -0.4 is 10.6 Å². The van der Waals surface area contributed by atoms with Crippen molar-refractivity contribution in [1.29, 1.82) is 0 Å².